The summed E-state index contributed by atoms with van der Waals surface area (Å²) in [6.07, 6.45) is 2.99. The minimum Gasteiger partial charge on any atom is -0.497 e. The Kier molecular flexibility index (Phi) is 4.06. The van der Waals surface area contributed by atoms with Crippen molar-refractivity contribution in [3.05, 3.63) is 42.0 Å². The van der Waals surface area contributed by atoms with Crippen molar-refractivity contribution in [3.8, 4) is 11.5 Å². The van der Waals surface area contributed by atoms with Crippen molar-refractivity contribution in [2.45, 2.75) is 19.6 Å². The highest BCUT2D eigenvalue weighted by Gasteiger charge is 2.11. The van der Waals surface area contributed by atoms with Gasteiger partial charge in [-0.05, 0) is 19.1 Å². The lowest BCUT2D eigenvalue weighted by Gasteiger charge is -2.14. The van der Waals surface area contributed by atoms with Gasteiger partial charge in [-0.25, -0.2) is 4.98 Å². The number of ether oxygens (including phenoxy) is 2. The highest BCUT2D eigenvalue weighted by Crippen LogP contribution is 2.29. The van der Waals surface area contributed by atoms with E-state index in [9.17, 15) is 5.11 Å². The average Bonchev–Trinajstić information content (AvgIpc) is 2.81. The third-order valence-electron chi connectivity index (χ3n) is 2.95. The quantitative estimate of drug-likeness (QED) is 0.896. The number of nitrogens with zero attached hydrogens (tertiary/aromatic N) is 2. The van der Waals surface area contributed by atoms with Crippen LogP contribution in [0, 0.1) is 0 Å². The summed E-state index contributed by atoms with van der Waals surface area (Å²) in [5.41, 5.74) is 0.731. The van der Waals surface area contributed by atoms with Crippen LogP contribution in [0.5, 0.6) is 11.5 Å². The number of rotatable bonds is 5. The van der Waals surface area contributed by atoms with Crippen LogP contribution in [0.3, 0.4) is 0 Å². The summed E-state index contributed by atoms with van der Waals surface area (Å²) >= 11 is 0. The van der Waals surface area contributed by atoms with E-state index >= 15 is 0 Å². The highest BCUT2D eigenvalue weighted by atomic mass is 16.5. The number of aryl methyl sites for hydroxylation is 1. The number of methoxy groups -OCH3 is 1. The Hall–Kier alpha value is -2.01. The fourth-order valence-corrected chi connectivity index (χ4v) is 1.79. The first-order valence-electron chi connectivity index (χ1n) is 6.07. The van der Waals surface area contributed by atoms with Crippen LogP contribution >= 0.6 is 0 Å². The molecule has 0 amide bonds. The van der Waals surface area contributed by atoms with Gasteiger partial charge in [0.2, 0.25) is 0 Å². The molecule has 0 bridgehead atoms. The van der Waals surface area contributed by atoms with Crippen molar-refractivity contribution in [2.75, 3.05) is 7.11 Å². The molecule has 0 unspecified atom stereocenters. The number of benzene rings is 1. The van der Waals surface area contributed by atoms with E-state index in [2.05, 4.69) is 4.98 Å². The van der Waals surface area contributed by atoms with Crippen molar-refractivity contribution in [1.82, 2.24) is 9.55 Å². The Morgan fingerprint density at radius 1 is 1.42 bits per heavy atom. The zero-order valence-electron chi connectivity index (χ0n) is 11.3. The molecule has 2 aromatic rings. The summed E-state index contributed by atoms with van der Waals surface area (Å²) in [6, 6.07) is 5.37. The van der Waals surface area contributed by atoms with Crippen LogP contribution in [-0.4, -0.2) is 21.8 Å². The summed E-state index contributed by atoms with van der Waals surface area (Å²) in [6.45, 7) is 2.05. The molecule has 102 valence electrons. The molecular weight excluding hydrogens is 244 g/mol. The van der Waals surface area contributed by atoms with E-state index in [1.165, 1.54) is 0 Å². The van der Waals surface area contributed by atoms with Crippen LogP contribution in [0.25, 0.3) is 0 Å². The lowest BCUT2D eigenvalue weighted by molar-refractivity contribution is 0.189. The molecule has 1 atom stereocenters. The second kappa shape index (κ2) is 5.75. The lowest BCUT2D eigenvalue weighted by Crippen LogP contribution is -2.05. The minimum absolute atomic E-state index is 0.344. The number of hydrogen-bond acceptors (Lipinski definition) is 4. The molecule has 1 aromatic heterocycles. The largest absolute Gasteiger partial charge is 0.497 e. The molecule has 0 radical (unpaired) electrons. The fraction of sp³-hybridized carbons (Fsp3) is 0.357. The smallest absolute Gasteiger partial charge is 0.146 e. The summed E-state index contributed by atoms with van der Waals surface area (Å²) in [7, 11) is 3.51. The molecule has 0 aliphatic rings. The van der Waals surface area contributed by atoms with Gasteiger partial charge in [0.25, 0.3) is 0 Å². The number of aliphatic hydroxyl groups is 1. The molecule has 0 spiro atoms. The Morgan fingerprint density at radius 2 is 2.21 bits per heavy atom. The van der Waals surface area contributed by atoms with Gasteiger partial charge in [0.05, 0.1) is 13.2 Å². The summed E-state index contributed by atoms with van der Waals surface area (Å²) in [5.74, 6) is 2.12. The van der Waals surface area contributed by atoms with E-state index in [4.69, 9.17) is 9.47 Å². The molecule has 0 aliphatic heterocycles. The van der Waals surface area contributed by atoms with E-state index in [-0.39, 0.29) is 0 Å². The Balaban J connectivity index is 2.20. The molecule has 1 N–H and O–H groups in total. The molecule has 0 fully saturated rings. The molecule has 1 aromatic carbocycles. The average molecular weight is 262 g/mol. The summed E-state index contributed by atoms with van der Waals surface area (Å²) < 4.78 is 12.8. The predicted molar refractivity (Wildman–Crippen MR) is 71.2 cm³/mol. The van der Waals surface area contributed by atoms with Gasteiger partial charge in [0.1, 0.15) is 23.9 Å². The second-order valence-electron chi connectivity index (χ2n) is 4.32. The molecule has 1 heterocycles. The molecule has 5 nitrogen and oxygen atoms in total. The molecule has 5 heteroatoms. The first-order chi connectivity index (χ1) is 9.11. The van der Waals surface area contributed by atoms with Gasteiger partial charge in [-0.2, -0.15) is 0 Å². The standard InChI is InChI=1S/C14H18N2O3/c1-10(17)12-5-4-11(18-3)8-13(12)19-9-14-15-6-7-16(14)2/h4-8,10,17H,9H2,1-3H3/t10-/m1/s1. The van der Waals surface area contributed by atoms with Crippen LogP contribution < -0.4 is 9.47 Å². The van der Waals surface area contributed by atoms with Gasteiger partial charge < -0.3 is 19.1 Å². The second-order valence-corrected chi connectivity index (χ2v) is 4.32. The first-order valence-corrected chi connectivity index (χ1v) is 6.07. The predicted octanol–water partition coefficient (Wildman–Crippen LogP) is 2.06. The van der Waals surface area contributed by atoms with E-state index in [1.54, 1.807) is 38.4 Å². The SMILES string of the molecule is COc1ccc([C@@H](C)O)c(OCc2nccn2C)c1. The van der Waals surface area contributed by atoms with Gasteiger partial charge >= 0.3 is 0 Å². The van der Waals surface area contributed by atoms with Crippen molar-refractivity contribution in [3.63, 3.8) is 0 Å². The van der Waals surface area contributed by atoms with Gasteiger partial charge in [0.15, 0.2) is 0 Å². The normalized spacial score (nSPS) is 12.2. The Bertz CT molecular complexity index is 549. The molecule has 2 rings (SSSR count). The fourth-order valence-electron chi connectivity index (χ4n) is 1.79. The van der Waals surface area contributed by atoms with E-state index in [1.807, 2.05) is 17.8 Å². The zero-order chi connectivity index (χ0) is 13.8. The first kappa shape index (κ1) is 13.4. The van der Waals surface area contributed by atoms with E-state index in [0.717, 1.165) is 11.4 Å². The van der Waals surface area contributed by atoms with Crippen molar-refractivity contribution >= 4 is 0 Å². The van der Waals surface area contributed by atoms with Crippen LogP contribution in [0.2, 0.25) is 0 Å². The lowest BCUT2D eigenvalue weighted by atomic mass is 10.1. The summed E-state index contributed by atoms with van der Waals surface area (Å²) in [4.78, 5) is 4.19. The molecule has 0 aliphatic carbocycles. The third kappa shape index (κ3) is 3.06. The Morgan fingerprint density at radius 3 is 2.79 bits per heavy atom. The highest BCUT2D eigenvalue weighted by molar-refractivity contribution is 5.41. The maximum atomic E-state index is 9.74. The van der Waals surface area contributed by atoms with Crippen molar-refractivity contribution in [2.24, 2.45) is 7.05 Å². The number of hydrogen-bond donors (Lipinski definition) is 1. The minimum atomic E-state index is -0.595. The molecule has 0 saturated heterocycles. The third-order valence-corrected chi connectivity index (χ3v) is 2.95. The summed E-state index contributed by atoms with van der Waals surface area (Å²) in [5, 5.41) is 9.74. The molecular formula is C14H18N2O3. The van der Waals surface area contributed by atoms with Crippen LogP contribution in [0.4, 0.5) is 0 Å². The maximum absolute atomic E-state index is 9.74. The van der Waals surface area contributed by atoms with E-state index in [0.29, 0.717) is 18.1 Å². The number of imidazole rings is 1. The van der Waals surface area contributed by atoms with Crippen LogP contribution in [0.15, 0.2) is 30.6 Å². The van der Waals surface area contributed by atoms with Crippen LogP contribution in [0.1, 0.15) is 24.4 Å². The van der Waals surface area contributed by atoms with Crippen LogP contribution in [-0.2, 0) is 13.7 Å². The molecule has 19 heavy (non-hydrogen) atoms. The Labute approximate surface area is 112 Å². The van der Waals surface area contributed by atoms with Gasteiger partial charge in [-0.15, -0.1) is 0 Å². The van der Waals surface area contributed by atoms with Crippen molar-refractivity contribution in [1.29, 1.82) is 0 Å². The maximum Gasteiger partial charge on any atom is 0.146 e. The number of aromatic nitrogens is 2. The molecule has 0 saturated carbocycles. The van der Waals surface area contributed by atoms with Gasteiger partial charge in [-0.3, -0.25) is 0 Å². The monoisotopic (exact) mass is 262 g/mol. The van der Waals surface area contributed by atoms with E-state index < -0.39 is 6.10 Å². The van der Waals surface area contributed by atoms with Crippen molar-refractivity contribution < 1.29 is 14.6 Å². The topological polar surface area (TPSA) is 56.5 Å². The van der Waals surface area contributed by atoms with Gasteiger partial charge in [0, 0.05) is 31.1 Å². The zero-order valence-corrected chi connectivity index (χ0v) is 11.3. The number of aliphatic hydroxyl groups excluding tert-OH is 1. The van der Waals surface area contributed by atoms with Gasteiger partial charge in [-0.1, -0.05) is 0 Å².